The van der Waals surface area contributed by atoms with Crippen LogP contribution in [-0.4, -0.2) is 49.6 Å². The molecule has 0 bridgehead atoms. The molecule has 0 aromatic heterocycles. The average molecular weight is 971 g/mol. The third-order valence-corrected chi connectivity index (χ3v) is 13.2. The minimum atomic E-state index is -0.0998. The van der Waals surface area contributed by atoms with E-state index in [9.17, 15) is 14.4 Å². The number of benzene rings is 2. The van der Waals surface area contributed by atoms with Gasteiger partial charge in [0, 0.05) is 19.4 Å². The van der Waals surface area contributed by atoms with E-state index in [1.165, 1.54) is 116 Å². The van der Waals surface area contributed by atoms with Gasteiger partial charge in [-0.25, -0.2) is 0 Å². The summed E-state index contributed by atoms with van der Waals surface area (Å²) in [5.74, 6) is -0.194. The van der Waals surface area contributed by atoms with Crippen LogP contribution in [0.1, 0.15) is 244 Å². The van der Waals surface area contributed by atoms with Gasteiger partial charge in [0.15, 0.2) is 0 Å². The van der Waals surface area contributed by atoms with Gasteiger partial charge in [-0.2, -0.15) is 0 Å². The zero-order valence-electron chi connectivity index (χ0n) is 45.8. The summed E-state index contributed by atoms with van der Waals surface area (Å²) in [6, 6.07) is 19.7. The molecule has 0 amide bonds. The van der Waals surface area contributed by atoms with Crippen LogP contribution in [0.15, 0.2) is 85.0 Å². The Bertz CT molecular complexity index is 1540. The van der Waals surface area contributed by atoms with Gasteiger partial charge in [0.05, 0.1) is 6.42 Å². The van der Waals surface area contributed by atoms with Crippen molar-refractivity contribution < 1.29 is 28.6 Å². The number of ether oxygens (including phenoxy) is 3. The molecular weight excluding hydrogens is 867 g/mol. The van der Waals surface area contributed by atoms with Crippen molar-refractivity contribution in [2.75, 3.05) is 20.6 Å². The first-order chi connectivity index (χ1) is 33.8. The molecule has 0 aliphatic heterocycles. The molecule has 0 atom stereocenters. The molecule has 2 aromatic carbocycles. The molecule has 0 unspecified atom stereocenters. The predicted molar refractivity (Wildman–Crippen MR) is 294 cm³/mol. The van der Waals surface area contributed by atoms with E-state index in [4.69, 9.17) is 14.2 Å². The van der Waals surface area contributed by atoms with Crippen LogP contribution in [-0.2, 0) is 41.8 Å². The molecule has 2 rings (SSSR count). The molecule has 2 aromatic rings. The molecule has 7 nitrogen and oxygen atoms in total. The summed E-state index contributed by atoms with van der Waals surface area (Å²) in [5, 5.41) is 0. The second kappa shape index (κ2) is 40.8. The third-order valence-electron chi connectivity index (χ3n) is 13.2. The largest absolute Gasteiger partial charge is 0.462 e. The van der Waals surface area contributed by atoms with E-state index in [-0.39, 0.29) is 34.8 Å². The molecule has 70 heavy (non-hydrogen) atoms. The lowest BCUT2D eigenvalue weighted by molar-refractivity contribution is -0.153. The lowest BCUT2D eigenvalue weighted by Crippen LogP contribution is -2.34. The van der Waals surface area contributed by atoms with Gasteiger partial charge in [-0.1, -0.05) is 203 Å². The van der Waals surface area contributed by atoms with E-state index in [1.807, 2.05) is 60.7 Å². The number of esters is 3. The van der Waals surface area contributed by atoms with Gasteiger partial charge in [0.25, 0.3) is 0 Å². The van der Waals surface area contributed by atoms with Crippen molar-refractivity contribution >= 4 is 17.9 Å². The first-order valence-corrected chi connectivity index (χ1v) is 28.4. The van der Waals surface area contributed by atoms with E-state index in [1.54, 1.807) is 0 Å². The molecule has 0 saturated carbocycles. The van der Waals surface area contributed by atoms with Crippen LogP contribution >= 0.6 is 0 Å². The molecule has 0 N–H and O–H groups in total. The van der Waals surface area contributed by atoms with Gasteiger partial charge in [-0.3, -0.25) is 14.4 Å². The van der Waals surface area contributed by atoms with Crippen LogP contribution in [0.5, 0.6) is 0 Å². The third kappa shape index (κ3) is 38.0. The zero-order valence-corrected chi connectivity index (χ0v) is 45.8. The van der Waals surface area contributed by atoms with Crippen LogP contribution in [0.2, 0.25) is 0 Å². The maximum atomic E-state index is 13.4. The number of unbranched alkanes of at least 4 members (excludes halogenated alkanes) is 22. The van der Waals surface area contributed by atoms with Gasteiger partial charge in [-0.05, 0) is 132 Å². The second-order valence-electron chi connectivity index (χ2n) is 22.3. The van der Waals surface area contributed by atoms with Crippen LogP contribution < -0.4 is 0 Å². The van der Waals surface area contributed by atoms with Gasteiger partial charge >= 0.3 is 17.9 Å². The Morgan fingerprint density at radius 3 is 1.17 bits per heavy atom. The Labute approximate surface area is 429 Å². The lowest BCUT2D eigenvalue weighted by atomic mass is 9.73. The Kier molecular flexibility index (Phi) is 36.4. The van der Waals surface area contributed by atoms with Crippen molar-refractivity contribution in [3.63, 3.8) is 0 Å². The highest BCUT2D eigenvalue weighted by molar-refractivity contribution is 5.70. The van der Waals surface area contributed by atoms with E-state index in [2.05, 4.69) is 71.0 Å². The van der Waals surface area contributed by atoms with Crippen molar-refractivity contribution in [3.05, 3.63) is 96.1 Å². The highest BCUT2D eigenvalue weighted by Crippen LogP contribution is 2.37. The number of allylic oxidation sites excluding steroid dienone is 4. The first kappa shape index (κ1) is 62.4. The summed E-state index contributed by atoms with van der Waals surface area (Å²) in [6.45, 7) is 10.8. The standard InChI is InChI=1S/C63H103NO6/c1-62(2,54-63(3,4)55-64(5)6)51-61(67)70-58(47-39-29-25-21-17-13-9-7-11-15-19-23-27-31-41-49-59(65)68-52-56-43-35-33-36-44-56)48-40-30-26-22-18-14-10-8-12-16-20-24-28-32-42-50-60(66)69-53-57-45-37-34-38-46-57/h7-8,11-12,33-38,43-46,58H,9-10,13-32,39-42,47-55H2,1-6H3/b11-7-,12-8-. The number of carbonyl (C=O) groups excluding carboxylic acids is 3. The van der Waals surface area contributed by atoms with Crippen molar-refractivity contribution in [1.29, 1.82) is 0 Å². The smallest absolute Gasteiger partial charge is 0.306 e. The fourth-order valence-corrected chi connectivity index (χ4v) is 10.0. The monoisotopic (exact) mass is 970 g/mol. The molecule has 0 aliphatic rings. The number of rotatable bonds is 45. The summed E-state index contributed by atoms with van der Waals surface area (Å²) in [7, 11) is 4.25. The Balaban J connectivity index is 1.52. The topological polar surface area (TPSA) is 82.1 Å². The summed E-state index contributed by atoms with van der Waals surface area (Å²) in [6.07, 6.45) is 44.8. The quantitative estimate of drug-likeness (QED) is 0.0283. The van der Waals surface area contributed by atoms with Crippen LogP contribution in [0.3, 0.4) is 0 Å². The Hall–Kier alpha value is -3.71. The number of carbonyl (C=O) groups is 3. The number of hydrogen-bond acceptors (Lipinski definition) is 7. The minimum Gasteiger partial charge on any atom is -0.462 e. The molecule has 0 aliphatic carbocycles. The van der Waals surface area contributed by atoms with Gasteiger partial charge in [-0.15, -0.1) is 0 Å². The molecule has 0 fully saturated rings. The molecule has 0 spiro atoms. The Morgan fingerprint density at radius 1 is 0.457 bits per heavy atom. The average Bonchev–Trinajstić information content (AvgIpc) is 3.31. The van der Waals surface area contributed by atoms with E-state index in [0.29, 0.717) is 32.5 Å². The van der Waals surface area contributed by atoms with Gasteiger partial charge in [0.1, 0.15) is 19.3 Å². The summed E-state index contributed by atoms with van der Waals surface area (Å²) >= 11 is 0. The maximum absolute atomic E-state index is 13.4. The molecule has 396 valence electrons. The first-order valence-electron chi connectivity index (χ1n) is 28.4. The SMILES string of the molecule is CN(C)CC(C)(C)CC(C)(C)CC(=O)OC(CCCCCCCC/C=C\CCCCCCCC(=O)OCc1ccccc1)CCCCCCCC/C=C\CCCCCCCC(=O)OCc1ccccc1. The summed E-state index contributed by atoms with van der Waals surface area (Å²) < 4.78 is 17.1. The van der Waals surface area contributed by atoms with Crippen molar-refractivity contribution in [1.82, 2.24) is 4.90 Å². The maximum Gasteiger partial charge on any atom is 0.306 e. The molecule has 0 saturated heterocycles. The Morgan fingerprint density at radius 2 is 0.800 bits per heavy atom. The summed E-state index contributed by atoms with van der Waals surface area (Å²) in [4.78, 5) is 39.6. The number of nitrogens with zero attached hydrogens (tertiary/aromatic N) is 1. The predicted octanol–water partition coefficient (Wildman–Crippen LogP) is 17.6. The van der Waals surface area contributed by atoms with Crippen molar-refractivity contribution in [3.8, 4) is 0 Å². The van der Waals surface area contributed by atoms with Gasteiger partial charge in [0.2, 0.25) is 0 Å². The molecule has 7 heteroatoms. The van der Waals surface area contributed by atoms with E-state index < -0.39 is 0 Å². The fourth-order valence-electron chi connectivity index (χ4n) is 10.0. The van der Waals surface area contributed by atoms with Crippen LogP contribution in [0.4, 0.5) is 0 Å². The van der Waals surface area contributed by atoms with Gasteiger partial charge < -0.3 is 19.1 Å². The molecule has 0 radical (unpaired) electrons. The normalized spacial score (nSPS) is 12.2. The van der Waals surface area contributed by atoms with Crippen molar-refractivity contribution in [2.45, 2.75) is 252 Å². The zero-order chi connectivity index (χ0) is 50.8. The minimum absolute atomic E-state index is 0.0142. The highest BCUT2D eigenvalue weighted by atomic mass is 16.5. The van der Waals surface area contributed by atoms with Crippen LogP contribution in [0.25, 0.3) is 0 Å². The molecular formula is C63H103NO6. The lowest BCUT2D eigenvalue weighted by Gasteiger charge is -2.36. The van der Waals surface area contributed by atoms with E-state index >= 15 is 0 Å². The number of hydrogen-bond donors (Lipinski definition) is 0. The molecule has 0 heterocycles. The highest BCUT2D eigenvalue weighted by Gasteiger charge is 2.32. The second-order valence-corrected chi connectivity index (χ2v) is 22.3. The van der Waals surface area contributed by atoms with Crippen LogP contribution in [0, 0.1) is 10.8 Å². The fraction of sp³-hybridized carbons (Fsp3) is 0.698. The summed E-state index contributed by atoms with van der Waals surface area (Å²) in [5.41, 5.74) is 2.11. The van der Waals surface area contributed by atoms with E-state index in [0.717, 1.165) is 88.3 Å². The van der Waals surface area contributed by atoms with Crippen molar-refractivity contribution in [2.24, 2.45) is 10.8 Å².